The third-order valence-corrected chi connectivity index (χ3v) is 3.73. The SMILES string of the molecule is CCCNC(CCc1ccccc1)Cc1ccccc1F. The lowest BCUT2D eigenvalue weighted by Crippen LogP contribution is -2.32. The molecule has 0 bridgehead atoms. The highest BCUT2D eigenvalue weighted by atomic mass is 19.1. The summed E-state index contributed by atoms with van der Waals surface area (Å²) in [7, 11) is 0. The van der Waals surface area contributed by atoms with Crippen LogP contribution in [0.5, 0.6) is 0 Å². The van der Waals surface area contributed by atoms with Crippen LogP contribution in [0.3, 0.4) is 0 Å². The average molecular weight is 285 g/mol. The monoisotopic (exact) mass is 285 g/mol. The average Bonchev–Trinajstić information content (AvgIpc) is 2.53. The summed E-state index contributed by atoms with van der Waals surface area (Å²) in [5, 5.41) is 3.55. The van der Waals surface area contributed by atoms with Crippen molar-refractivity contribution >= 4 is 0 Å². The second-order valence-electron chi connectivity index (χ2n) is 5.47. The van der Waals surface area contributed by atoms with E-state index in [2.05, 4.69) is 36.5 Å². The van der Waals surface area contributed by atoms with Gasteiger partial charge in [-0.1, -0.05) is 55.5 Å². The van der Waals surface area contributed by atoms with E-state index < -0.39 is 0 Å². The van der Waals surface area contributed by atoms with Crippen molar-refractivity contribution in [3.63, 3.8) is 0 Å². The number of halogens is 1. The first kappa shape index (κ1) is 15.7. The summed E-state index contributed by atoms with van der Waals surface area (Å²) < 4.78 is 13.8. The van der Waals surface area contributed by atoms with Crippen molar-refractivity contribution in [1.82, 2.24) is 5.32 Å². The van der Waals surface area contributed by atoms with Gasteiger partial charge in [0.25, 0.3) is 0 Å². The molecule has 0 saturated heterocycles. The first-order valence-electron chi connectivity index (χ1n) is 7.80. The summed E-state index contributed by atoms with van der Waals surface area (Å²) in [6, 6.07) is 17.9. The Morgan fingerprint density at radius 1 is 1.00 bits per heavy atom. The van der Waals surface area contributed by atoms with Crippen molar-refractivity contribution < 1.29 is 4.39 Å². The fourth-order valence-corrected chi connectivity index (χ4v) is 2.54. The molecule has 0 aromatic heterocycles. The van der Waals surface area contributed by atoms with Crippen LogP contribution in [-0.4, -0.2) is 12.6 Å². The summed E-state index contributed by atoms with van der Waals surface area (Å²) in [6.45, 7) is 3.14. The molecule has 2 aromatic rings. The van der Waals surface area contributed by atoms with Gasteiger partial charge in [-0.2, -0.15) is 0 Å². The van der Waals surface area contributed by atoms with Crippen LogP contribution in [-0.2, 0) is 12.8 Å². The molecule has 0 aliphatic carbocycles. The Labute approximate surface area is 127 Å². The highest BCUT2D eigenvalue weighted by Crippen LogP contribution is 2.13. The zero-order valence-electron chi connectivity index (χ0n) is 12.7. The van der Waals surface area contributed by atoms with Gasteiger partial charge < -0.3 is 5.32 Å². The minimum Gasteiger partial charge on any atom is -0.314 e. The largest absolute Gasteiger partial charge is 0.314 e. The Balaban J connectivity index is 1.96. The van der Waals surface area contributed by atoms with Crippen molar-refractivity contribution in [3.05, 3.63) is 71.5 Å². The van der Waals surface area contributed by atoms with E-state index in [4.69, 9.17) is 0 Å². The van der Waals surface area contributed by atoms with Gasteiger partial charge in [-0.3, -0.25) is 0 Å². The second kappa shape index (κ2) is 8.58. The van der Waals surface area contributed by atoms with Gasteiger partial charge in [0.2, 0.25) is 0 Å². The molecule has 0 aliphatic rings. The number of hydrogen-bond donors (Lipinski definition) is 1. The molecule has 1 atom stereocenters. The van der Waals surface area contributed by atoms with Crippen molar-refractivity contribution in [2.75, 3.05) is 6.54 Å². The molecule has 0 amide bonds. The number of nitrogens with one attached hydrogen (secondary N) is 1. The van der Waals surface area contributed by atoms with Crippen LogP contribution in [0.1, 0.15) is 30.9 Å². The van der Waals surface area contributed by atoms with Gasteiger partial charge in [0, 0.05) is 6.04 Å². The highest BCUT2D eigenvalue weighted by molar-refractivity contribution is 5.19. The highest BCUT2D eigenvalue weighted by Gasteiger charge is 2.11. The predicted octanol–water partition coefficient (Wildman–Crippen LogP) is 4.37. The van der Waals surface area contributed by atoms with E-state index in [0.29, 0.717) is 6.04 Å². The third kappa shape index (κ3) is 5.31. The normalized spacial score (nSPS) is 12.3. The third-order valence-electron chi connectivity index (χ3n) is 3.73. The van der Waals surface area contributed by atoms with Gasteiger partial charge in [-0.05, 0) is 49.4 Å². The molecule has 0 radical (unpaired) electrons. The van der Waals surface area contributed by atoms with Crippen molar-refractivity contribution in [1.29, 1.82) is 0 Å². The van der Waals surface area contributed by atoms with Gasteiger partial charge in [-0.15, -0.1) is 0 Å². The summed E-state index contributed by atoms with van der Waals surface area (Å²) >= 11 is 0. The van der Waals surface area contributed by atoms with Crippen molar-refractivity contribution in [3.8, 4) is 0 Å². The fraction of sp³-hybridized carbons (Fsp3) is 0.368. The van der Waals surface area contributed by atoms with Crippen LogP contribution < -0.4 is 5.32 Å². The summed E-state index contributed by atoms with van der Waals surface area (Å²) in [4.78, 5) is 0. The molecule has 0 heterocycles. The molecule has 0 saturated carbocycles. The minimum atomic E-state index is -0.0968. The molecule has 21 heavy (non-hydrogen) atoms. The number of aryl methyl sites for hydroxylation is 1. The van der Waals surface area contributed by atoms with Gasteiger partial charge in [0.1, 0.15) is 5.82 Å². The van der Waals surface area contributed by atoms with E-state index in [1.54, 1.807) is 12.1 Å². The molecule has 0 fully saturated rings. The van der Waals surface area contributed by atoms with Gasteiger partial charge >= 0.3 is 0 Å². The zero-order chi connectivity index (χ0) is 14.9. The zero-order valence-corrected chi connectivity index (χ0v) is 12.7. The van der Waals surface area contributed by atoms with E-state index in [9.17, 15) is 4.39 Å². The molecule has 1 N–H and O–H groups in total. The van der Waals surface area contributed by atoms with E-state index in [1.807, 2.05) is 18.2 Å². The first-order valence-corrected chi connectivity index (χ1v) is 7.80. The molecule has 112 valence electrons. The Hall–Kier alpha value is -1.67. The molecular weight excluding hydrogens is 261 g/mol. The van der Waals surface area contributed by atoms with E-state index >= 15 is 0 Å². The molecule has 0 spiro atoms. The molecule has 2 heteroatoms. The van der Waals surface area contributed by atoms with Crippen LogP contribution in [0.15, 0.2) is 54.6 Å². The molecule has 1 unspecified atom stereocenters. The van der Waals surface area contributed by atoms with Crippen LogP contribution in [0, 0.1) is 5.82 Å². The number of rotatable bonds is 8. The lowest BCUT2D eigenvalue weighted by atomic mass is 9.98. The van der Waals surface area contributed by atoms with Gasteiger partial charge in [0.05, 0.1) is 0 Å². The van der Waals surface area contributed by atoms with Crippen molar-refractivity contribution in [2.45, 2.75) is 38.6 Å². The topological polar surface area (TPSA) is 12.0 Å². The second-order valence-corrected chi connectivity index (χ2v) is 5.47. The number of hydrogen-bond acceptors (Lipinski definition) is 1. The van der Waals surface area contributed by atoms with E-state index in [-0.39, 0.29) is 5.82 Å². The lowest BCUT2D eigenvalue weighted by Gasteiger charge is -2.19. The molecule has 1 nitrogen and oxygen atoms in total. The maximum absolute atomic E-state index is 13.8. The summed E-state index contributed by atoms with van der Waals surface area (Å²) in [5.41, 5.74) is 2.15. The maximum Gasteiger partial charge on any atom is 0.126 e. The first-order chi connectivity index (χ1) is 10.3. The Kier molecular flexibility index (Phi) is 6.42. The van der Waals surface area contributed by atoms with Crippen LogP contribution in [0.2, 0.25) is 0 Å². The summed E-state index contributed by atoms with van der Waals surface area (Å²) in [5.74, 6) is -0.0968. The van der Waals surface area contributed by atoms with Gasteiger partial charge in [-0.25, -0.2) is 4.39 Å². The molecule has 2 rings (SSSR count). The Morgan fingerprint density at radius 2 is 1.71 bits per heavy atom. The smallest absolute Gasteiger partial charge is 0.126 e. The Bertz CT molecular complexity index is 524. The Morgan fingerprint density at radius 3 is 2.43 bits per heavy atom. The molecular formula is C19H24FN. The number of benzene rings is 2. The maximum atomic E-state index is 13.8. The van der Waals surface area contributed by atoms with E-state index in [1.165, 1.54) is 5.56 Å². The molecule has 0 aliphatic heterocycles. The van der Waals surface area contributed by atoms with Gasteiger partial charge in [0.15, 0.2) is 0 Å². The van der Waals surface area contributed by atoms with Crippen LogP contribution >= 0.6 is 0 Å². The predicted molar refractivity (Wildman–Crippen MR) is 86.9 cm³/mol. The molecule has 2 aromatic carbocycles. The standard InChI is InChI=1S/C19H24FN/c1-2-14-21-18(13-12-16-8-4-3-5-9-16)15-17-10-6-7-11-19(17)20/h3-11,18,21H,2,12-15H2,1H3. The van der Waals surface area contributed by atoms with Crippen LogP contribution in [0.25, 0.3) is 0 Å². The van der Waals surface area contributed by atoms with Crippen LogP contribution in [0.4, 0.5) is 4.39 Å². The fourth-order valence-electron chi connectivity index (χ4n) is 2.54. The van der Waals surface area contributed by atoms with E-state index in [0.717, 1.165) is 37.8 Å². The quantitative estimate of drug-likeness (QED) is 0.759. The minimum absolute atomic E-state index is 0.0968. The van der Waals surface area contributed by atoms with Crippen molar-refractivity contribution in [2.24, 2.45) is 0 Å². The lowest BCUT2D eigenvalue weighted by molar-refractivity contribution is 0.468. The summed E-state index contributed by atoms with van der Waals surface area (Å²) in [6.07, 6.45) is 3.90.